The summed E-state index contributed by atoms with van der Waals surface area (Å²) in [6.45, 7) is -0.745. The number of anilines is 1. The first-order valence-electron chi connectivity index (χ1n) is 13.6. The van der Waals surface area contributed by atoms with Gasteiger partial charge in [-0.2, -0.15) is 14.0 Å². The van der Waals surface area contributed by atoms with E-state index >= 15 is 0 Å². The highest BCUT2D eigenvalue weighted by atomic mass is 35.5. The molecule has 0 aliphatic carbocycles. The molecule has 0 bridgehead atoms. The van der Waals surface area contributed by atoms with Gasteiger partial charge in [-0.15, -0.1) is 0 Å². The third kappa shape index (κ3) is 6.60. The molecule has 1 fully saturated rings. The molecule has 2 aliphatic rings. The molecule has 46 heavy (non-hydrogen) atoms. The minimum Gasteiger partial charge on any atom is -0.506 e. The largest absolute Gasteiger partial charge is 0.506 e. The van der Waals surface area contributed by atoms with Gasteiger partial charge < -0.3 is 19.9 Å². The van der Waals surface area contributed by atoms with Crippen LogP contribution in [0, 0.1) is 11.3 Å². The van der Waals surface area contributed by atoms with Crippen LogP contribution in [0.1, 0.15) is 46.1 Å². The molecule has 0 spiro atoms. The summed E-state index contributed by atoms with van der Waals surface area (Å²) in [5.74, 6) is -1.33. The highest BCUT2D eigenvalue weighted by Crippen LogP contribution is 2.45. The zero-order valence-corrected chi connectivity index (χ0v) is 26.5. The molecule has 1 saturated heterocycles. The van der Waals surface area contributed by atoms with Gasteiger partial charge in [-0.3, -0.25) is 14.5 Å². The zero-order valence-electron chi connectivity index (χ0n) is 23.4. The van der Waals surface area contributed by atoms with E-state index in [9.17, 15) is 42.3 Å². The number of halogens is 7. The van der Waals surface area contributed by atoms with Gasteiger partial charge in [0.15, 0.2) is 0 Å². The zero-order chi connectivity index (χ0) is 33.5. The Morgan fingerprint density at radius 3 is 2.50 bits per heavy atom. The molecule has 242 valence electrons. The molecule has 9 nitrogen and oxygen atoms in total. The van der Waals surface area contributed by atoms with Crippen LogP contribution in [0.5, 0.6) is 5.75 Å². The van der Waals surface area contributed by atoms with Gasteiger partial charge in [0.1, 0.15) is 17.0 Å². The molecular formula is C29H22Cl3F4N5O4S. The summed E-state index contributed by atoms with van der Waals surface area (Å²) < 4.78 is 54.4. The Balaban J connectivity index is 1.56. The van der Waals surface area contributed by atoms with Crippen molar-refractivity contribution in [1.82, 2.24) is 14.8 Å². The topological polar surface area (TPSA) is 121 Å². The molecule has 5 rings (SSSR count). The Bertz CT molecular complexity index is 1800. The van der Waals surface area contributed by atoms with E-state index in [0.717, 1.165) is 15.9 Å². The highest BCUT2D eigenvalue weighted by Gasteiger charge is 2.40. The third-order valence-corrected chi connectivity index (χ3v) is 9.71. The number of nitriles is 1. The van der Waals surface area contributed by atoms with Gasteiger partial charge in [-0.25, -0.2) is 13.6 Å². The van der Waals surface area contributed by atoms with E-state index in [1.807, 2.05) is 11.1 Å². The van der Waals surface area contributed by atoms with E-state index in [4.69, 9.17) is 34.8 Å². The first-order chi connectivity index (χ1) is 21.7. The van der Waals surface area contributed by atoms with Crippen LogP contribution in [0.25, 0.3) is 0 Å². The van der Waals surface area contributed by atoms with E-state index in [-0.39, 0.29) is 57.3 Å². The predicted molar refractivity (Wildman–Crippen MR) is 163 cm³/mol. The van der Waals surface area contributed by atoms with Crippen molar-refractivity contribution in [3.8, 4) is 11.8 Å². The number of pyridine rings is 1. The summed E-state index contributed by atoms with van der Waals surface area (Å²) in [4.78, 5) is 45.6. The Kier molecular flexibility index (Phi) is 9.70. The molecule has 3 heterocycles. The van der Waals surface area contributed by atoms with E-state index in [0.29, 0.717) is 29.3 Å². The van der Waals surface area contributed by atoms with Gasteiger partial charge in [-0.1, -0.05) is 41.0 Å². The smallest absolute Gasteiger partial charge is 0.362 e. The summed E-state index contributed by atoms with van der Waals surface area (Å²) in [6, 6.07) is 8.28. The number of aromatic hydroxyl groups is 1. The van der Waals surface area contributed by atoms with Gasteiger partial charge in [0.2, 0.25) is 0 Å². The van der Waals surface area contributed by atoms with E-state index in [1.54, 1.807) is 6.07 Å². The van der Waals surface area contributed by atoms with Crippen molar-refractivity contribution < 1.29 is 32.3 Å². The van der Waals surface area contributed by atoms with Crippen LogP contribution in [-0.4, -0.2) is 57.9 Å². The Morgan fingerprint density at radius 2 is 1.87 bits per heavy atom. The van der Waals surface area contributed by atoms with Gasteiger partial charge in [-0.05, 0) is 59.5 Å². The molecule has 3 amide bonds. The van der Waals surface area contributed by atoms with Crippen molar-refractivity contribution in [2.24, 2.45) is 0 Å². The number of nitrogens with zero attached hydrogens (tertiary/aromatic N) is 4. The third-order valence-electron chi connectivity index (χ3n) is 7.47. The lowest BCUT2D eigenvalue weighted by Gasteiger charge is -2.35. The molecule has 1 atom stereocenters. The monoisotopic (exact) mass is 717 g/mol. The number of nitrogens with one attached hydrogen (secondary N) is 1. The number of phenolic OH excluding ortho intramolecular Hbond substituents is 1. The number of aromatic amines is 1. The lowest BCUT2D eigenvalue weighted by atomic mass is 10.0. The Hall–Kier alpha value is -3.64. The SMILES string of the molecule is N#CCC1c2cc(O)c(N3CCCN(CC(F)F)C3=O)cc2CN1C(=O)c1c(Sc2c(Cl)cccc2Cl)cc(C(F)(F)Cl)[nH]c1=O. The normalized spacial score (nSPS) is 16.6. The number of carbonyl (C=O) groups excluding carboxylic acids is 2. The maximum atomic E-state index is 14.1. The molecule has 3 aromatic rings. The van der Waals surface area contributed by atoms with Crippen LogP contribution in [0.3, 0.4) is 0 Å². The number of fused-ring (bicyclic) bond motifs is 1. The van der Waals surface area contributed by atoms with Crippen molar-refractivity contribution in [1.29, 1.82) is 5.26 Å². The van der Waals surface area contributed by atoms with Gasteiger partial charge in [0, 0.05) is 29.4 Å². The van der Waals surface area contributed by atoms with Gasteiger partial charge in [0.05, 0.1) is 40.8 Å². The number of alkyl halides is 5. The molecule has 17 heteroatoms. The number of hydrogen-bond donors (Lipinski definition) is 2. The average molecular weight is 719 g/mol. The molecule has 2 aliphatic heterocycles. The van der Waals surface area contributed by atoms with E-state index in [1.165, 1.54) is 29.2 Å². The minimum atomic E-state index is -4.00. The molecule has 2 aromatic carbocycles. The fourth-order valence-corrected chi connectivity index (χ4v) is 7.17. The second-order valence-electron chi connectivity index (χ2n) is 10.4. The van der Waals surface area contributed by atoms with Crippen LogP contribution in [0.15, 0.2) is 51.0 Å². The summed E-state index contributed by atoms with van der Waals surface area (Å²) >= 11 is 18.5. The number of amides is 3. The molecule has 1 unspecified atom stereocenters. The average Bonchev–Trinajstić information content (AvgIpc) is 3.32. The number of phenols is 1. The molecule has 1 aromatic heterocycles. The number of hydrogen-bond acceptors (Lipinski definition) is 6. The first-order valence-corrected chi connectivity index (χ1v) is 15.5. The number of H-pyrrole nitrogens is 1. The van der Waals surface area contributed by atoms with Crippen molar-refractivity contribution in [3.05, 3.63) is 79.2 Å². The summed E-state index contributed by atoms with van der Waals surface area (Å²) in [5, 5.41) is 16.8. The van der Waals surface area contributed by atoms with Crippen LogP contribution in [0.4, 0.5) is 28.0 Å². The summed E-state index contributed by atoms with van der Waals surface area (Å²) in [7, 11) is 0. The van der Waals surface area contributed by atoms with E-state index < -0.39 is 53.1 Å². The predicted octanol–water partition coefficient (Wildman–Crippen LogP) is 7.33. The number of aromatic nitrogens is 1. The number of urea groups is 1. The fourth-order valence-electron chi connectivity index (χ4n) is 5.43. The second kappa shape index (κ2) is 13.2. The molecular weight excluding hydrogens is 697 g/mol. The van der Waals surface area contributed by atoms with Crippen molar-refractivity contribution >= 4 is 64.2 Å². The molecule has 2 N–H and O–H groups in total. The minimum absolute atomic E-state index is 0.0175. The number of rotatable bonds is 8. The Morgan fingerprint density at radius 1 is 1.17 bits per heavy atom. The number of benzene rings is 2. The van der Waals surface area contributed by atoms with Crippen LogP contribution in [0.2, 0.25) is 10.0 Å². The van der Waals surface area contributed by atoms with Crippen LogP contribution < -0.4 is 10.5 Å². The summed E-state index contributed by atoms with van der Waals surface area (Å²) in [5.41, 5.74) is -1.97. The van der Waals surface area contributed by atoms with E-state index in [2.05, 4.69) is 0 Å². The Labute approximate surface area is 278 Å². The van der Waals surface area contributed by atoms with Crippen molar-refractivity contribution in [2.45, 2.75) is 47.0 Å². The maximum absolute atomic E-state index is 14.1. The fraction of sp³-hybridized carbons (Fsp3) is 0.310. The molecule has 0 saturated carbocycles. The highest BCUT2D eigenvalue weighted by molar-refractivity contribution is 7.99. The first kappa shape index (κ1) is 33.7. The van der Waals surface area contributed by atoms with Crippen molar-refractivity contribution in [3.63, 3.8) is 0 Å². The lowest BCUT2D eigenvalue weighted by molar-refractivity contribution is 0.0684. The van der Waals surface area contributed by atoms with Crippen LogP contribution >= 0.6 is 46.6 Å². The lowest BCUT2D eigenvalue weighted by Crippen LogP contribution is -2.50. The van der Waals surface area contributed by atoms with Crippen LogP contribution in [-0.2, 0) is 11.9 Å². The number of carbonyl (C=O) groups is 2. The quantitative estimate of drug-likeness (QED) is 0.186. The second-order valence-corrected chi connectivity index (χ2v) is 12.7. The van der Waals surface area contributed by atoms with Crippen molar-refractivity contribution in [2.75, 3.05) is 24.5 Å². The molecule has 0 radical (unpaired) electrons. The summed E-state index contributed by atoms with van der Waals surface area (Å²) in [6.07, 6.45) is -2.68. The standard InChI is InChI=1S/C29H22Cl3F4N5O4S/c30-16-3-1-4-17(31)25(16)46-21-11-22(29(32,35)36)38-26(43)24(21)27(44)41-12-14-9-19(20(42)10-15(14)18(41)5-6-37)40-8-2-7-39(28(40)45)13-23(33)34/h1,3-4,9-11,18,23,42H,2,5,7-8,12-13H2,(H,38,43). The van der Waals surface area contributed by atoms with Gasteiger partial charge >= 0.3 is 11.4 Å². The van der Waals surface area contributed by atoms with Gasteiger partial charge in [0.25, 0.3) is 17.9 Å². The maximum Gasteiger partial charge on any atom is 0.362 e.